The van der Waals surface area contributed by atoms with Crippen LogP contribution in [0.3, 0.4) is 0 Å². The molecule has 2 aromatic rings. The highest BCUT2D eigenvalue weighted by Crippen LogP contribution is 2.24. The summed E-state index contributed by atoms with van der Waals surface area (Å²) in [6.45, 7) is 6.05. The lowest BCUT2D eigenvalue weighted by Crippen LogP contribution is -2.13. The van der Waals surface area contributed by atoms with Gasteiger partial charge in [-0.1, -0.05) is 12.1 Å². The maximum atomic E-state index is 6.29. The van der Waals surface area contributed by atoms with Crippen LogP contribution in [0, 0.1) is 6.92 Å². The molecule has 1 unspecified atom stereocenters. The van der Waals surface area contributed by atoms with Crippen LogP contribution in [-0.4, -0.2) is 15.9 Å². The number of aryl methyl sites for hydroxylation is 1. The first-order chi connectivity index (χ1) is 8.99. The van der Waals surface area contributed by atoms with E-state index in [1.165, 1.54) is 0 Å². The Morgan fingerprint density at radius 2 is 1.84 bits per heavy atom. The highest BCUT2D eigenvalue weighted by atomic mass is 16.5. The Morgan fingerprint density at radius 1 is 1.21 bits per heavy atom. The summed E-state index contributed by atoms with van der Waals surface area (Å²) in [7, 11) is 1.92. The maximum Gasteiger partial charge on any atom is 0.119 e. The molecule has 0 saturated carbocycles. The van der Waals surface area contributed by atoms with E-state index in [0.717, 1.165) is 22.6 Å². The smallest absolute Gasteiger partial charge is 0.119 e. The highest BCUT2D eigenvalue weighted by Gasteiger charge is 2.14. The first-order valence-corrected chi connectivity index (χ1v) is 6.49. The molecule has 1 heterocycles. The van der Waals surface area contributed by atoms with Crippen LogP contribution in [0.5, 0.6) is 5.75 Å². The molecule has 2 N–H and O–H groups in total. The van der Waals surface area contributed by atoms with Crippen molar-refractivity contribution in [3.63, 3.8) is 0 Å². The molecule has 2 rings (SSSR count). The van der Waals surface area contributed by atoms with E-state index < -0.39 is 0 Å². The SMILES string of the molecule is Cc1c(C(N)c2ccc(OC(C)C)cc2)cnn1C. The average molecular weight is 259 g/mol. The summed E-state index contributed by atoms with van der Waals surface area (Å²) >= 11 is 0. The quantitative estimate of drug-likeness (QED) is 0.918. The molecule has 0 saturated heterocycles. The molecule has 0 fully saturated rings. The minimum Gasteiger partial charge on any atom is -0.491 e. The van der Waals surface area contributed by atoms with Gasteiger partial charge in [0.15, 0.2) is 0 Å². The fourth-order valence-corrected chi connectivity index (χ4v) is 2.03. The van der Waals surface area contributed by atoms with Gasteiger partial charge in [-0.15, -0.1) is 0 Å². The van der Waals surface area contributed by atoms with Gasteiger partial charge >= 0.3 is 0 Å². The minimum atomic E-state index is -0.151. The molecule has 1 atom stereocenters. The van der Waals surface area contributed by atoms with E-state index in [2.05, 4.69) is 5.10 Å². The topological polar surface area (TPSA) is 53.1 Å². The molecular weight excluding hydrogens is 238 g/mol. The lowest BCUT2D eigenvalue weighted by molar-refractivity contribution is 0.242. The summed E-state index contributed by atoms with van der Waals surface area (Å²) in [5.41, 5.74) is 9.50. The van der Waals surface area contributed by atoms with Crippen molar-refractivity contribution >= 4 is 0 Å². The molecule has 0 radical (unpaired) electrons. The summed E-state index contributed by atoms with van der Waals surface area (Å²) in [5, 5.41) is 4.23. The van der Waals surface area contributed by atoms with Gasteiger partial charge < -0.3 is 10.5 Å². The van der Waals surface area contributed by atoms with Gasteiger partial charge in [0, 0.05) is 18.3 Å². The van der Waals surface area contributed by atoms with Gasteiger partial charge in [0.25, 0.3) is 0 Å². The molecule has 4 heteroatoms. The summed E-state index contributed by atoms with van der Waals surface area (Å²) in [4.78, 5) is 0. The van der Waals surface area contributed by atoms with Gasteiger partial charge in [0.1, 0.15) is 5.75 Å². The number of hydrogen-bond donors (Lipinski definition) is 1. The van der Waals surface area contributed by atoms with Crippen LogP contribution in [0.1, 0.15) is 36.7 Å². The molecule has 19 heavy (non-hydrogen) atoms. The fraction of sp³-hybridized carbons (Fsp3) is 0.400. The monoisotopic (exact) mass is 259 g/mol. The zero-order valence-electron chi connectivity index (χ0n) is 11.9. The van der Waals surface area contributed by atoms with Crippen molar-refractivity contribution in [2.24, 2.45) is 12.8 Å². The molecule has 0 aliphatic heterocycles. The van der Waals surface area contributed by atoms with Gasteiger partial charge in [-0.05, 0) is 38.5 Å². The average Bonchev–Trinajstić information content (AvgIpc) is 2.69. The van der Waals surface area contributed by atoms with Gasteiger partial charge in [-0.2, -0.15) is 5.10 Å². The lowest BCUT2D eigenvalue weighted by Gasteiger charge is -2.14. The van der Waals surface area contributed by atoms with Crippen LogP contribution in [0.25, 0.3) is 0 Å². The second kappa shape index (κ2) is 5.45. The Kier molecular flexibility index (Phi) is 3.90. The van der Waals surface area contributed by atoms with E-state index in [1.54, 1.807) is 0 Å². The second-order valence-corrected chi connectivity index (χ2v) is 5.02. The van der Waals surface area contributed by atoms with Crippen LogP contribution in [0.15, 0.2) is 30.5 Å². The van der Waals surface area contributed by atoms with E-state index in [4.69, 9.17) is 10.5 Å². The van der Waals surface area contributed by atoms with Gasteiger partial charge in [-0.3, -0.25) is 4.68 Å². The number of hydrogen-bond acceptors (Lipinski definition) is 3. The lowest BCUT2D eigenvalue weighted by atomic mass is 10.0. The minimum absolute atomic E-state index is 0.151. The summed E-state index contributed by atoms with van der Waals surface area (Å²) < 4.78 is 7.46. The molecule has 0 spiro atoms. The third-order valence-electron chi connectivity index (χ3n) is 3.22. The number of rotatable bonds is 4. The van der Waals surface area contributed by atoms with E-state index in [1.807, 2.05) is 63.0 Å². The molecule has 1 aromatic heterocycles. The Labute approximate surface area is 114 Å². The third kappa shape index (κ3) is 2.96. The summed E-state index contributed by atoms with van der Waals surface area (Å²) in [6, 6.07) is 7.78. The van der Waals surface area contributed by atoms with Crippen LogP contribution in [0.2, 0.25) is 0 Å². The van der Waals surface area contributed by atoms with E-state index >= 15 is 0 Å². The normalized spacial score (nSPS) is 12.7. The molecule has 0 amide bonds. The standard InChI is InChI=1S/C15H21N3O/c1-10(2)19-13-7-5-12(6-8-13)15(16)14-9-17-18(4)11(14)3/h5-10,15H,16H2,1-4H3. The number of nitrogens with zero attached hydrogens (tertiary/aromatic N) is 2. The molecule has 0 aliphatic carbocycles. The van der Waals surface area contributed by atoms with Crippen molar-refractivity contribution in [2.45, 2.75) is 32.9 Å². The molecule has 4 nitrogen and oxygen atoms in total. The van der Waals surface area contributed by atoms with E-state index in [9.17, 15) is 0 Å². The largest absolute Gasteiger partial charge is 0.491 e. The van der Waals surface area contributed by atoms with Gasteiger partial charge in [0.05, 0.1) is 18.3 Å². The van der Waals surface area contributed by atoms with Crippen molar-refractivity contribution in [1.29, 1.82) is 0 Å². The fourth-order valence-electron chi connectivity index (χ4n) is 2.03. The van der Waals surface area contributed by atoms with Crippen molar-refractivity contribution < 1.29 is 4.74 Å². The van der Waals surface area contributed by atoms with E-state index in [-0.39, 0.29) is 12.1 Å². The van der Waals surface area contributed by atoms with Crippen LogP contribution < -0.4 is 10.5 Å². The molecule has 0 bridgehead atoms. The maximum absolute atomic E-state index is 6.29. The predicted octanol–water partition coefficient (Wildman–Crippen LogP) is 2.56. The van der Waals surface area contributed by atoms with Gasteiger partial charge in [0.2, 0.25) is 0 Å². The van der Waals surface area contributed by atoms with Crippen LogP contribution in [0.4, 0.5) is 0 Å². The van der Waals surface area contributed by atoms with Crippen LogP contribution in [-0.2, 0) is 7.05 Å². The predicted molar refractivity (Wildman–Crippen MR) is 76.2 cm³/mol. The van der Waals surface area contributed by atoms with Gasteiger partial charge in [-0.25, -0.2) is 0 Å². The van der Waals surface area contributed by atoms with Crippen molar-refractivity contribution in [2.75, 3.05) is 0 Å². The second-order valence-electron chi connectivity index (χ2n) is 5.02. The van der Waals surface area contributed by atoms with Crippen molar-refractivity contribution in [1.82, 2.24) is 9.78 Å². The van der Waals surface area contributed by atoms with E-state index in [0.29, 0.717) is 0 Å². The molecule has 0 aliphatic rings. The van der Waals surface area contributed by atoms with Crippen LogP contribution >= 0.6 is 0 Å². The van der Waals surface area contributed by atoms with Crippen molar-refractivity contribution in [3.05, 3.63) is 47.3 Å². The Hall–Kier alpha value is -1.81. The third-order valence-corrected chi connectivity index (χ3v) is 3.22. The zero-order chi connectivity index (χ0) is 14.0. The molecule has 102 valence electrons. The molecular formula is C15H21N3O. The number of aromatic nitrogens is 2. The zero-order valence-corrected chi connectivity index (χ0v) is 11.9. The molecule has 1 aromatic carbocycles. The Bertz CT molecular complexity index is 543. The number of ether oxygens (including phenoxy) is 1. The first kappa shape index (κ1) is 13.6. The Morgan fingerprint density at radius 3 is 2.32 bits per heavy atom. The number of benzene rings is 1. The van der Waals surface area contributed by atoms with Crippen molar-refractivity contribution in [3.8, 4) is 5.75 Å². The summed E-state index contributed by atoms with van der Waals surface area (Å²) in [6.07, 6.45) is 2.01. The Balaban J connectivity index is 2.20. The summed E-state index contributed by atoms with van der Waals surface area (Å²) in [5.74, 6) is 0.869. The number of nitrogens with two attached hydrogens (primary N) is 1. The first-order valence-electron chi connectivity index (χ1n) is 6.49. The highest BCUT2D eigenvalue weighted by molar-refractivity contribution is 5.35.